The number of benzene rings is 2. The highest BCUT2D eigenvalue weighted by molar-refractivity contribution is 7.56. The van der Waals surface area contributed by atoms with Crippen LogP contribution in [0.5, 0.6) is 5.75 Å². The molecule has 5 nitrogen and oxygen atoms in total. The van der Waals surface area contributed by atoms with Gasteiger partial charge in [0.1, 0.15) is 5.75 Å². The molecule has 0 aliphatic heterocycles. The van der Waals surface area contributed by atoms with E-state index in [1.807, 2.05) is 45.0 Å². The lowest BCUT2D eigenvalue weighted by molar-refractivity contribution is -0.142. The van der Waals surface area contributed by atoms with Crippen molar-refractivity contribution in [2.45, 2.75) is 46.2 Å². The van der Waals surface area contributed by atoms with Crippen molar-refractivity contribution < 1.29 is 24.1 Å². The summed E-state index contributed by atoms with van der Waals surface area (Å²) in [5, 5.41) is 10.1. The Morgan fingerprint density at radius 2 is 1.75 bits per heavy atom. The van der Waals surface area contributed by atoms with Crippen LogP contribution in [-0.2, 0) is 33.1 Å². The standard InChI is InChI=1S/C22H29O5P/c1-5-8-27-22(24)13-19-11-17(6-7-21(19)23)12-20-15(2)9-18(10-16(20)3)14-28(4,25)26/h6-7,9-11,23H,5,8,12-14H2,1-4H3,(H,25,26). The first-order chi connectivity index (χ1) is 13.1. The number of aryl methyl sites for hydroxylation is 2. The second-order valence-electron chi connectivity index (χ2n) is 7.45. The zero-order valence-corrected chi connectivity index (χ0v) is 17.9. The van der Waals surface area contributed by atoms with Crippen LogP contribution in [0.1, 0.15) is 46.7 Å². The molecule has 0 saturated carbocycles. The molecular formula is C22H29O5P. The molecule has 0 bridgehead atoms. The van der Waals surface area contributed by atoms with Crippen LogP contribution in [0.25, 0.3) is 0 Å². The van der Waals surface area contributed by atoms with Gasteiger partial charge in [-0.2, -0.15) is 0 Å². The number of ether oxygens (including phenoxy) is 1. The number of carbonyl (C=O) groups is 1. The van der Waals surface area contributed by atoms with Gasteiger partial charge >= 0.3 is 5.97 Å². The van der Waals surface area contributed by atoms with Crippen LogP contribution in [-0.4, -0.2) is 29.2 Å². The molecule has 0 aliphatic carbocycles. The number of esters is 1. The van der Waals surface area contributed by atoms with Gasteiger partial charge in [-0.15, -0.1) is 0 Å². The van der Waals surface area contributed by atoms with Crippen LogP contribution in [0, 0.1) is 13.8 Å². The Balaban J connectivity index is 2.22. The summed E-state index contributed by atoms with van der Waals surface area (Å²) >= 11 is 0. The summed E-state index contributed by atoms with van der Waals surface area (Å²) in [6, 6.07) is 9.20. The third-order valence-corrected chi connectivity index (χ3v) is 5.51. The summed E-state index contributed by atoms with van der Waals surface area (Å²) in [6.07, 6.45) is 1.62. The maximum atomic E-state index is 11.9. The molecule has 2 rings (SSSR count). The second kappa shape index (κ2) is 9.40. The summed E-state index contributed by atoms with van der Waals surface area (Å²) in [5.74, 6) is -0.262. The largest absolute Gasteiger partial charge is 0.508 e. The number of phenols is 1. The molecule has 152 valence electrons. The minimum Gasteiger partial charge on any atom is -0.508 e. The van der Waals surface area contributed by atoms with Gasteiger partial charge in [-0.1, -0.05) is 31.2 Å². The lowest BCUT2D eigenvalue weighted by Crippen LogP contribution is -2.09. The lowest BCUT2D eigenvalue weighted by Gasteiger charge is -2.15. The Labute approximate surface area is 166 Å². The SMILES string of the molecule is CCCOC(=O)Cc1cc(Cc2c(C)cc(CP(C)(=O)O)cc2C)ccc1O. The molecule has 6 heteroatoms. The van der Waals surface area contributed by atoms with Gasteiger partial charge in [0.25, 0.3) is 0 Å². The fourth-order valence-corrected chi connectivity index (χ4v) is 4.17. The zero-order chi connectivity index (χ0) is 20.9. The minimum atomic E-state index is -3.11. The van der Waals surface area contributed by atoms with Gasteiger partial charge in [0.2, 0.25) is 7.37 Å². The molecule has 1 atom stereocenters. The number of hydrogen-bond donors (Lipinski definition) is 2. The molecule has 0 spiro atoms. The van der Waals surface area contributed by atoms with E-state index < -0.39 is 7.37 Å². The van der Waals surface area contributed by atoms with E-state index in [0.717, 1.165) is 34.2 Å². The molecule has 2 aromatic carbocycles. The molecule has 28 heavy (non-hydrogen) atoms. The van der Waals surface area contributed by atoms with Crippen molar-refractivity contribution in [3.05, 3.63) is 63.7 Å². The van der Waals surface area contributed by atoms with Gasteiger partial charge in [0.05, 0.1) is 13.0 Å². The highest BCUT2D eigenvalue weighted by atomic mass is 31.2. The third kappa shape index (κ3) is 6.50. The van der Waals surface area contributed by atoms with Gasteiger partial charge in [-0.05, 0) is 60.6 Å². The van der Waals surface area contributed by atoms with E-state index in [9.17, 15) is 19.4 Å². The van der Waals surface area contributed by atoms with Crippen molar-refractivity contribution in [1.29, 1.82) is 0 Å². The molecule has 0 amide bonds. The predicted octanol–water partition coefficient (Wildman–Crippen LogP) is 4.50. The summed E-state index contributed by atoms with van der Waals surface area (Å²) in [6.45, 7) is 7.67. The summed E-state index contributed by atoms with van der Waals surface area (Å²) in [4.78, 5) is 21.5. The first-order valence-electron chi connectivity index (χ1n) is 9.43. The van der Waals surface area contributed by atoms with Crippen molar-refractivity contribution in [3.63, 3.8) is 0 Å². The maximum absolute atomic E-state index is 11.9. The molecular weight excluding hydrogens is 375 g/mol. The molecule has 0 heterocycles. The average molecular weight is 404 g/mol. The highest BCUT2D eigenvalue weighted by Crippen LogP contribution is 2.40. The highest BCUT2D eigenvalue weighted by Gasteiger charge is 2.15. The molecule has 1 unspecified atom stereocenters. The number of aromatic hydroxyl groups is 1. The lowest BCUT2D eigenvalue weighted by atomic mass is 9.93. The molecule has 0 fully saturated rings. The Kier molecular flexibility index (Phi) is 7.45. The Morgan fingerprint density at radius 3 is 2.32 bits per heavy atom. The van der Waals surface area contributed by atoms with Crippen LogP contribution in [0.4, 0.5) is 0 Å². The molecule has 0 saturated heterocycles. The van der Waals surface area contributed by atoms with Gasteiger partial charge in [-0.3, -0.25) is 9.36 Å². The smallest absolute Gasteiger partial charge is 0.310 e. The molecule has 2 N–H and O–H groups in total. The predicted molar refractivity (Wildman–Crippen MR) is 111 cm³/mol. The summed E-state index contributed by atoms with van der Waals surface area (Å²) < 4.78 is 16.8. The quantitative estimate of drug-likeness (QED) is 0.500. The Hall–Kier alpha value is -2.10. The van der Waals surface area contributed by atoms with E-state index in [-0.39, 0.29) is 24.3 Å². The van der Waals surface area contributed by atoms with Crippen molar-refractivity contribution in [1.82, 2.24) is 0 Å². The number of carbonyl (C=O) groups excluding carboxylic acids is 1. The van der Waals surface area contributed by atoms with Crippen molar-refractivity contribution in [2.75, 3.05) is 13.3 Å². The van der Waals surface area contributed by atoms with Gasteiger partial charge < -0.3 is 14.7 Å². The van der Waals surface area contributed by atoms with Gasteiger partial charge in [-0.25, -0.2) is 0 Å². The molecule has 0 aromatic heterocycles. The van der Waals surface area contributed by atoms with E-state index in [4.69, 9.17) is 4.74 Å². The Morgan fingerprint density at radius 1 is 1.11 bits per heavy atom. The topological polar surface area (TPSA) is 83.8 Å². The van der Waals surface area contributed by atoms with Crippen LogP contribution in [0.3, 0.4) is 0 Å². The zero-order valence-electron chi connectivity index (χ0n) is 17.0. The fraction of sp³-hybridized carbons (Fsp3) is 0.409. The van der Waals surface area contributed by atoms with Crippen LogP contribution < -0.4 is 0 Å². The Bertz CT molecular complexity index is 875. The third-order valence-electron chi connectivity index (χ3n) is 4.56. The first kappa shape index (κ1) is 22.2. The molecule has 0 radical (unpaired) electrons. The van der Waals surface area contributed by atoms with Crippen LogP contribution >= 0.6 is 7.37 Å². The van der Waals surface area contributed by atoms with E-state index in [2.05, 4.69) is 0 Å². The van der Waals surface area contributed by atoms with E-state index in [1.165, 1.54) is 6.66 Å². The van der Waals surface area contributed by atoms with Gasteiger partial charge in [0, 0.05) is 18.4 Å². The number of hydrogen-bond acceptors (Lipinski definition) is 4. The monoisotopic (exact) mass is 404 g/mol. The van der Waals surface area contributed by atoms with Crippen LogP contribution in [0.2, 0.25) is 0 Å². The number of phenolic OH excluding ortho intramolecular Hbond substituents is 1. The maximum Gasteiger partial charge on any atom is 0.310 e. The first-order valence-corrected chi connectivity index (χ1v) is 11.7. The fourth-order valence-electron chi connectivity index (χ4n) is 3.31. The van der Waals surface area contributed by atoms with E-state index in [0.29, 0.717) is 18.6 Å². The van der Waals surface area contributed by atoms with Crippen molar-refractivity contribution in [2.24, 2.45) is 0 Å². The van der Waals surface area contributed by atoms with E-state index in [1.54, 1.807) is 6.07 Å². The van der Waals surface area contributed by atoms with Gasteiger partial charge in [0.15, 0.2) is 0 Å². The van der Waals surface area contributed by atoms with Crippen molar-refractivity contribution in [3.8, 4) is 5.75 Å². The second-order valence-corrected chi connectivity index (χ2v) is 9.87. The van der Waals surface area contributed by atoms with E-state index >= 15 is 0 Å². The number of rotatable bonds is 8. The average Bonchev–Trinajstić information content (AvgIpc) is 2.57. The minimum absolute atomic E-state index is 0.0405. The van der Waals surface area contributed by atoms with Crippen molar-refractivity contribution >= 4 is 13.3 Å². The van der Waals surface area contributed by atoms with Crippen LogP contribution in [0.15, 0.2) is 30.3 Å². The molecule has 2 aromatic rings. The normalized spacial score (nSPS) is 13.2. The molecule has 0 aliphatic rings. The summed E-state index contributed by atoms with van der Waals surface area (Å²) in [7, 11) is -3.11. The summed E-state index contributed by atoms with van der Waals surface area (Å²) in [5.41, 5.74) is 5.65.